The molecule has 0 radical (unpaired) electrons. The summed E-state index contributed by atoms with van der Waals surface area (Å²) in [7, 11) is -3.74. The fourth-order valence-electron chi connectivity index (χ4n) is 4.27. The number of fused-ring (bicyclic) bond motifs is 1. The van der Waals surface area contributed by atoms with Gasteiger partial charge in [0.2, 0.25) is 11.0 Å². The highest BCUT2D eigenvalue weighted by atomic mass is 32.2. The first-order valence-electron chi connectivity index (χ1n) is 11.0. The second kappa shape index (κ2) is 9.27. The molecule has 0 bridgehead atoms. The van der Waals surface area contributed by atoms with Gasteiger partial charge in [-0.3, -0.25) is 9.52 Å². The number of halogens is 1. The van der Waals surface area contributed by atoms with Crippen molar-refractivity contribution in [3.63, 3.8) is 0 Å². The third-order valence-electron chi connectivity index (χ3n) is 6.14. The number of aromatic nitrogens is 3. The van der Waals surface area contributed by atoms with Gasteiger partial charge in [-0.1, -0.05) is 11.3 Å². The van der Waals surface area contributed by atoms with E-state index in [1.165, 1.54) is 17.6 Å². The smallest absolute Gasteiger partial charge is 0.263 e. The zero-order chi connectivity index (χ0) is 24.6. The summed E-state index contributed by atoms with van der Waals surface area (Å²) in [5.74, 6) is -0.292. The van der Waals surface area contributed by atoms with Crippen LogP contribution in [0, 0.1) is 5.82 Å². The molecule has 0 saturated carbocycles. The lowest BCUT2D eigenvalue weighted by atomic mass is 10.2. The number of carbonyl (C=O) groups is 1. The van der Waals surface area contributed by atoms with Crippen LogP contribution in [0.2, 0.25) is 0 Å². The zero-order valence-electron chi connectivity index (χ0n) is 18.8. The molecule has 0 spiro atoms. The Balaban J connectivity index is 0.00000304. The van der Waals surface area contributed by atoms with Crippen molar-refractivity contribution < 1.29 is 19.0 Å². The van der Waals surface area contributed by atoms with E-state index in [9.17, 15) is 17.6 Å². The van der Waals surface area contributed by atoms with Crippen LogP contribution in [0.1, 0.15) is 14.4 Å². The maximum absolute atomic E-state index is 13.5. The summed E-state index contributed by atoms with van der Waals surface area (Å²) in [6.07, 6.45) is 1.82. The van der Waals surface area contributed by atoms with Crippen LogP contribution in [0.4, 0.5) is 15.2 Å². The van der Waals surface area contributed by atoms with Gasteiger partial charge in [0.25, 0.3) is 10.0 Å². The number of hydrogen-bond donors (Lipinski definition) is 1. The van der Waals surface area contributed by atoms with Crippen molar-refractivity contribution in [1.29, 1.82) is 0 Å². The summed E-state index contributed by atoms with van der Waals surface area (Å²) in [6.45, 7) is 4.22. The van der Waals surface area contributed by atoms with Crippen molar-refractivity contribution in [1.82, 2.24) is 19.7 Å². The molecule has 1 saturated heterocycles. The van der Waals surface area contributed by atoms with Crippen LogP contribution in [0.5, 0.6) is 0 Å². The molecular formula is C23H25FN6O3S2. The molecule has 9 nitrogen and oxygen atoms in total. The fourth-order valence-corrected chi connectivity index (χ4v) is 5.96. The lowest BCUT2D eigenvalue weighted by Gasteiger charge is -2.37. The number of carbonyl (C=O) groups excluding carboxylic acids is 1. The largest absolute Gasteiger partial charge is 0.368 e. The molecule has 2 aromatic heterocycles. The molecule has 12 heteroatoms. The number of nitrogens with zero attached hydrogens (tertiary/aromatic N) is 5. The lowest BCUT2D eigenvalue weighted by Crippen LogP contribution is -2.50. The van der Waals surface area contributed by atoms with E-state index in [0.29, 0.717) is 26.2 Å². The van der Waals surface area contributed by atoms with E-state index < -0.39 is 16.1 Å². The van der Waals surface area contributed by atoms with Crippen molar-refractivity contribution in [2.45, 2.75) is 17.9 Å². The SMILES string of the molecule is CC(C(=O)N1CCN(c2ccc(S(=O)(=O)Nc3nncs3)cc2)CC1)n1ccc2cc(F)ccc21.[HH]. The number of benzene rings is 2. The third-order valence-corrected chi connectivity index (χ3v) is 8.23. The van der Waals surface area contributed by atoms with E-state index in [1.807, 2.05) is 28.7 Å². The van der Waals surface area contributed by atoms with E-state index in [2.05, 4.69) is 19.8 Å². The molecule has 1 amide bonds. The summed E-state index contributed by atoms with van der Waals surface area (Å²) >= 11 is 1.11. The van der Waals surface area contributed by atoms with Gasteiger partial charge in [0.1, 0.15) is 17.4 Å². The van der Waals surface area contributed by atoms with Crippen LogP contribution in [0.25, 0.3) is 10.9 Å². The quantitative estimate of drug-likeness (QED) is 0.420. The first-order valence-corrected chi connectivity index (χ1v) is 13.4. The Kier molecular flexibility index (Phi) is 6.15. The molecule has 1 aliphatic heterocycles. The topological polar surface area (TPSA) is 100 Å². The number of anilines is 2. The predicted octanol–water partition coefficient (Wildman–Crippen LogP) is 3.59. The molecular weight excluding hydrogens is 491 g/mol. The van der Waals surface area contributed by atoms with E-state index in [0.717, 1.165) is 27.9 Å². The molecule has 35 heavy (non-hydrogen) atoms. The normalized spacial score (nSPS) is 15.4. The summed E-state index contributed by atoms with van der Waals surface area (Å²) in [5, 5.41) is 8.31. The van der Waals surface area contributed by atoms with E-state index in [-0.39, 0.29) is 23.2 Å². The molecule has 1 N–H and O–H groups in total. The highest BCUT2D eigenvalue weighted by molar-refractivity contribution is 7.93. The van der Waals surface area contributed by atoms with Gasteiger partial charge >= 0.3 is 0 Å². The standard InChI is InChI=1S/C23H23FN6O3S2.H2/c1-16(30-9-8-17-14-18(24)2-7-21(17)30)22(31)29-12-10-28(11-13-29)19-3-5-20(6-4-19)35(32,33)27-23-26-25-15-34-23;/h2-9,14-16H,10-13H2,1H3,(H,26,27);1H. The van der Waals surface area contributed by atoms with E-state index >= 15 is 0 Å². The number of amides is 1. The van der Waals surface area contributed by atoms with Crippen molar-refractivity contribution >= 4 is 49.0 Å². The van der Waals surface area contributed by atoms with Crippen LogP contribution in [0.15, 0.2) is 65.1 Å². The Hall–Kier alpha value is -3.51. The first-order chi connectivity index (χ1) is 16.8. The van der Waals surface area contributed by atoms with Crippen LogP contribution >= 0.6 is 11.3 Å². The van der Waals surface area contributed by atoms with Crippen LogP contribution in [0.3, 0.4) is 0 Å². The van der Waals surface area contributed by atoms with Crippen LogP contribution in [-0.2, 0) is 14.8 Å². The Morgan fingerprint density at radius 1 is 1.11 bits per heavy atom. The molecule has 184 valence electrons. The molecule has 0 aliphatic carbocycles. The number of piperazine rings is 1. The first kappa shape index (κ1) is 23.2. The van der Waals surface area contributed by atoms with Crippen molar-refractivity contribution in [3.8, 4) is 0 Å². The van der Waals surface area contributed by atoms with E-state index in [1.54, 1.807) is 30.3 Å². The maximum Gasteiger partial charge on any atom is 0.263 e. The predicted molar refractivity (Wildman–Crippen MR) is 135 cm³/mol. The molecule has 3 heterocycles. The van der Waals surface area contributed by atoms with Gasteiger partial charge < -0.3 is 14.4 Å². The average molecular weight is 517 g/mol. The fraction of sp³-hybridized carbons (Fsp3) is 0.261. The van der Waals surface area contributed by atoms with Gasteiger partial charge in [0.05, 0.1) is 4.90 Å². The summed E-state index contributed by atoms with van der Waals surface area (Å²) in [4.78, 5) is 17.3. The molecule has 1 unspecified atom stereocenters. The molecule has 5 rings (SSSR count). The van der Waals surface area contributed by atoms with Crippen molar-refractivity contribution in [2.24, 2.45) is 0 Å². The van der Waals surface area contributed by atoms with Gasteiger partial charge in [-0.2, -0.15) is 0 Å². The number of hydrogen-bond acceptors (Lipinski definition) is 7. The highest BCUT2D eigenvalue weighted by Gasteiger charge is 2.27. The van der Waals surface area contributed by atoms with Gasteiger partial charge in [-0.05, 0) is 55.5 Å². The van der Waals surface area contributed by atoms with Gasteiger partial charge in [0, 0.05) is 50.4 Å². The number of sulfonamides is 1. The number of nitrogens with one attached hydrogen (secondary N) is 1. The maximum atomic E-state index is 13.5. The Morgan fingerprint density at radius 2 is 1.86 bits per heavy atom. The van der Waals surface area contributed by atoms with Gasteiger partial charge in [0.15, 0.2) is 0 Å². The van der Waals surface area contributed by atoms with Crippen molar-refractivity contribution in [2.75, 3.05) is 35.8 Å². The van der Waals surface area contributed by atoms with Gasteiger partial charge in [-0.15, -0.1) is 10.2 Å². The average Bonchev–Trinajstić information content (AvgIpc) is 3.52. The second-order valence-electron chi connectivity index (χ2n) is 8.26. The monoisotopic (exact) mass is 516 g/mol. The summed E-state index contributed by atoms with van der Waals surface area (Å²) in [6, 6.07) is 12.6. The second-order valence-corrected chi connectivity index (χ2v) is 10.8. The highest BCUT2D eigenvalue weighted by Crippen LogP contribution is 2.25. The van der Waals surface area contributed by atoms with Crippen LogP contribution in [-0.4, -0.2) is 60.2 Å². The van der Waals surface area contributed by atoms with Gasteiger partial charge in [-0.25, -0.2) is 12.8 Å². The lowest BCUT2D eigenvalue weighted by molar-refractivity contribution is -0.134. The third kappa shape index (κ3) is 4.71. The molecule has 2 aromatic carbocycles. The van der Waals surface area contributed by atoms with E-state index in [4.69, 9.17) is 0 Å². The number of rotatable bonds is 6. The summed E-state index contributed by atoms with van der Waals surface area (Å²) in [5.41, 5.74) is 3.16. The Labute approximate surface area is 207 Å². The Bertz CT molecular complexity index is 1450. The zero-order valence-corrected chi connectivity index (χ0v) is 20.5. The minimum atomic E-state index is -3.74. The minimum absolute atomic E-state index is 0. The van der Waals surface area contributed by atoms with Crippen molar-refractivity contribution in [3.05, 3.63) is 66.1 Å². The molecule has 1 fully saturated rings. The molecule has 1 aliphatic rings. The van der Waals surface area contributed by atoms with Crippen LogP contribution < -0.4 is 9.62 Å². The minimum Gasteiger partial charge on any atom is -0.368 e. The molecule has 1 atom stereocenters. The summed E-state index contributed by atoms with van der Waals surface area (Å²) < 4.78 is 42.8. The Morgan fingerprint density at radius 3 is 2.54 bits per heavy atom. The molecule has 4 aromatic rings.